The predicted molar refractivity (Wildman–Crippen MR) is 63.4 cm³/mol. The summed E-state index contributed by atoms with van der Waals surface area (Å²) in [5.41, 5.74) is 0.939. The van der Waals surface area contributed by atoms with E-state index in [9.17, 15) is 4.79 Å². The van der Waals surface area contributed by atoms with Crippen LogP contribution in [-0.2, 0) is 4.79 Å². The fourth-order valence-electron chi connectivity index (χ4n) is 1.39. The van der Waals surface area contributed by atoms with Crippen LogP contribution in [0.1, 0.15) is 5.56 Å². The summed E-state index contributed by atoms with van der Waals surface area (Å²) in [6.07, 6.45) is 0. The van der Waals surface area contributed by atoms with Crippen molar-refractivity contribution >= 4 is 22.8 Å². The van der Waals surface area contributed by atoms with Crippen molar-refractivity contribution in [3.8, 4) is 5.75 Å². The summed E-state index contributed by atoms with van der Waals surface area (Å²) in [6, 6.07) is 6.84. The van der Waals surface area contributed by atoms with Crippen molar-refractivity contribution in [3.63, 3.8) is 0 Å². The molecule has 16 heavy (non-hydrogen) atoms. The molecule has 0 bridgehead atoms. The second-order valence-corrected chi connectivity index (χ2v) is 4.34. The molecule has 1 unspecified atom stereocenters. The van der Waals surface area contributed by atoms with Crippen LogP contribution in [0.2, 0.25) is 0 Å². The van der Waals surface area contributed by atoms with Crippen molar-refractivity contribution < 1.29 is 14.6 Å². The summed E-state index contributed by atoms with van der Waals surface area (Å²) in [7, 11) is 1.61. The molecular formula is C11H11NO3S. The molecule has 0 spiro atoms. The van der Waals surface area contributed by atoms with Gasteiger partial charge in [0.25, 0.3) is 0 Å². The zero-order valence-electron chi connectivity index (χ0n) is 8.71. The van der Waals surface area contributed by atoms with Gasteiger partial charge in [0.1, 0.15) is 5.75 Å². The van der Waals surface area contributed by atoms with Gasteiger partial charge in [-0.2, -0.15) is 0 Å². The minimum absolute atomic E-state index is 0.511. The van der Waals surface area contributed by atoms with Gasteiger partial charge in [-0.25, -0.2) is 4.79 Å². The lowest BCUT2D eigenvalue weighted by Crippen LogP contribution is -2.17. The Hall–Kier alpha value is -1.49. The number of aliphatic imine (C=N–C) groups is 1. The minimum Gasteiger partial charge on any atom is -0.497 e. The van der Waals surface area contributed by atoms with Gasteiger partial charge in [0.15, 0.2) is 6.04 Å². The highest BCUT2D eigenvalue weighted by atomic mass is 32.2. The maximum absolute atomic E-state index is 10.7. The molecular weight excluding hydrogens is 226 g/mol. The lowest BCUT2D eigenvalue weighted by Gasteiger charge is -2.01. The van der Waals surface area contributed by atoms with Crippen molar-refractivity contribution in [1.29, 1.82) is 0 Å². The van der Waals surface area contributed by atoms with Crippen molar-refractivity contribution in [2.75, 3.05) is 12.9 Å². The van der Waals surface area contributed by atoms with Crippen LogP contribution >= 0.6 is 11.8 Å². The highest BCUT2D eigenvalue weighted by molar-refractivity contribution is 8.14. The topological polar surface area (TPSA) is 58.9 Å². The summed E-state index contributed by atoms with van der Waals surface area (Å²) < 4.78 is 5.05. The molecule has 1 aliphatic rings. The Labute approximate surface area is 97.3 Å². The summed E-state index contributed by atoms with van der Waals surface area (Å²) >= 11 is 1.47. The van der Waals surface area contributed by atoms with E-state index in [1.807, 2.05) is 24.3 Å². The monoisotopic (exact) mass is 237 g/mol. The van der Waals surface area contributed by atoms with Gasteiger partial charge >= 0.3 is 5.97 Å². The Bertz CT molecular complexity index is 427. The molecule has 0 fully saturated rings. The van der Waals surface area contributed by atoms with Crippen LogP contribution in [0.5, 0.6) is 5.75 Å². The maximum atomic E-state index is 10.7. The Morgan fingerprint density at radius 1 is 1.50 bits per heavy atom. The molecule has 84 valence electrons. The van der Waals surface area contributed by atoms with E-state index in [0.29, 0.717) is 5.75 Å². The van der Waals surface area contributed by atoms with Crippen molar-refractivity contribution in [2.24, 2.45) is 4.99 Å². The number of rotatable bonds is 3. The van der Waals surface area contributed by atoms with E-state index in [-0.39, 0.29) is 0 Å². The highest BCUT2D eigenvalue weighted by Gasteiger charge is 2.24. The molecule has 2 rings (SSSR count). The van der Waals surface area contributed by atoms with Gasteiger partial charge in [-0.15, -0.1) is 11.8 Å². The average molecular weight is 237 g/mol. The van der Waals surface area contributed by atoms with E-state index in [1.165, 1.54) is 11.8 Å². The molecule has 0 aromatic heterocycles. The second kappa shape index (κ2) is 4.57. The van der Waals surface area contributed by atoms with Crippen LogP contribution < -0.4 is 4.74 Å². The van der Waals surface area contributed by atoms with E-state index in [4.69, 9.17) is 9.84 Å². The zero-order chi connectivity index (χ0) is 11.5. The minimum atomic E-state index is -0.865. The maximum Gasteiger partial charge on any atom is 0.329 e. The van der Waals surface area contributed by atoms with Crippen LogP contribution in [0, 0.1) is 0 Å². The molecule has 0 saturated heterocycles. The number of nitrogens with zero attached hydrogens (tertiary/aromatic N) is 1. The number of methoxy groups -OCH3 is 1. The summed E-state index contributed by atoms with van der Waals surface area (Å²) in [4.78, 5) is 14.9. The first-order chi connectivity index (χ1) is 7.70. The number of carboxylic acids is 1. The average Bonchev–Trinajstić information content (AvgIpc) is 2.78. The van der Waals surface area contributed by atoms with Crippen LogP contribution in [0.3, 0.4) is 0 Å². The number of carbonyl (C=O) groups is 1. The summed E-state index contributed by atoms with van der Waals surface area (Å²) in [5, 5.41) is 9.61. The number of hydrogen-bond acceptors (Lipinski definition) is 4. The van der Waals surface area contributed by atoms with Gasteiger partial charge in [0.05, 0.1) is 12.2 Å². The molecule has 1 aliphatic heterocycles. The zero-order valence-corrected chi connectivity index (χ0v) is 9.53. The Balaban J connectivity index is 2.19. The Morgan fingerprint density at radius 2 is 2.19 bits per heavy atom. The first kappa shape index (κ1) is 11.0. The summed E-state index contributed by atoms with van der Waals surface area (Å²) in [6.45, 7) is 0. The van der Waals surface area contributed by atoms with Crippen LogP contribution in [0.4, 0.5) is 0 Å². The van der Waals surface area contributed by atoms with Crippen molar-refractivity contribution in [1.82, 2.24) is 0 Å². The fourth-order valence-corrected chi connectivity index (χ4v) is 2.43. The predicted octanol–water partition coefficient (Wildman–Crippen LogP) is 1.64. The number of ether oxygens (including phenoxy) is 1. The van der Waals surface area contributed by atoms with Crippen LogP contribution in [0.25, 0.3) is 0 Å². The molecule has 0 radical (unpaired) electrons. The molecule has 0 amide bonds. The number of carboxylic acid groups (broad SMARTS) is 1. The van der Waals surface area contributed by atoms with Gasteiger partial charge < -0.3 is 9.84 Å². The Morgan fingerprint density at radius 3 is 2.69 bits per heavy atom. The normalized spacial score (nSPS) is 19.3. The number of thioether (sulfide) groups is 1. The fraction of sp³-hybridized carbons (Fsp3) is 0.273. The molecule has 4 nitrogen and oxygen atoms in total. The van der Waals surface area contributed by atoms with Gasteiger partial charge in [-0.05, 0) is 24.3 Å². The number of aliphatic carboxylic acids is 1. The highest BCUT2D eigenvalue weighted by Crippen LogP contribution is 2.24. The van der Waals surface area contributed by atoms with E-state index < -0.39 is 12.0 Å². The third-order valence-corrected chi connectivity index (χ3v) is 3.37. The van der Waals surface area contributed by atoms with E-state index >= 15 is 0 Å². The van der Waals surface area contributed by atoms with Crippen molar-refractivity contribution in [2.45, 2.75) is 6.04 Å². The van der Waals surface area contributed by atoms with Crippen LogP contribution in [0.15, 0.2) is 29.3 Å². The van der Waals surface area contributed by atoms with Gasteiger partial charge in [0.2, 0.25) is 0 Å². The SMILES string of the molecule is COc1ccc(C2=NC(C(=O)O)CS2)cc1. The van der Waals surface area contributed by atoms with E-state index in [1.54, 1.807) is 7.11 Å². The number of benzene rings is 1. The first-order valence-electron chi connectivity index (χ1n) is 4.78. The molecule has 5 heteroatoms. The van der Waals surface area contributed by atoms with Crippen LogP contribution in [-0.4, -0.2) is 35.0 Å². The molecule has 0 aliphatic carbocycles. The van der Waals surface area contributed by atoms with Gasteiger partial charge in [0, 0.05) is 11.3 Å². The lowest BCUT2D eigenvalue weighted by atomic mass is 10.2. The lowest BCUT2D eigenvalue weighted by molar-refractivity contribution is -0.137. The quantitative estimate of drug-likeness (QED) is 0.868. The largest absolute Gasteiger partial charge is 0.497 e. The molecule has 1 atom stereocenters. The van der Waals surface area contributed by atoms with Gasteiger partial charge in [-0.3, -0.25) is 4.99 Å². The molecule has 1 N–H and O–H groups in total. The van der Waals surface area contributed by atoms with E-state index in [0.717, 1.165) is 16.4 Å². The third-order valence-electron chi connectivity index (χ3n) is 2.27. The molecule has 1 heterocycles. The standard InChI is InChI=1S/C11H11NO3S/c1-15-8-4-2-7(3-5-8)10-12-9(6-16-10)11(13)14/h2-5,9H,6H2,1H3,(H,13,14). The smallest absolute Gasteiger partial charge is 0.329 e. The Kier molecular flexibility index (Phi) is 3.14. The number of hydrogen-bond donors (Lipinski definition) is 1. The first-order valence-corrected chi connectivity index (χ1v) is 5.77. The summed E-state index contributed by atoms with van der Waals surface area (Å²) in [5.74, 6) is 0.426. The van der Waals surface area contributed by atoms with E-state index in [2.05, 4.69) is 4.99 Å². The molecule has 1 aromatic rings. The van der Waals surface area contributed by atoms with Gasteiger partial charge in [-0.1, -0.05) is 0 Å². The second-order valence-electron chi connectivity index (χ2n) is 3.33. The molecule has 0 saturated carbocycles. The molecule has 1 aromatic carbocycles. The van der Waals surface area contributed by atoms with Crippen molar-refractivity contribution in [3.05, 3.63) is 29.8 Å². The third kappa shape index (κ3) is 2.19.